The Balaban J connectivity index is 1.54. The van der Waals surface area contributed by atoms with Gasteiger partial charge in [-0.25, -0.2) is 9.69 Å². The molecule has 6 rings (SSSR count). The molecule has 1 aromatic carbocycles. The summed E-state index contributed by atoms with van der Waals surface area (Å²) < 4.78 is 4.73. The third-order valence-electron chi connectivity index (χ3n) is 6.19. The third kappa shape index (κ3) is 1.62. The summed E-state index contributed by atoms with van der Waals surface area (Å²) in [7, 11) is 1.31. The van der Waals surface area contributed by atoms with E-state index in [9.17, 15) is 14.4 Å². The Bertz CT molecular complexity index is 777. The van der Waals surface area contributed by atoms with Gasteiger partial charge in [0.05, 0.1) is 30.2 Å². The SMILES string of the molecule is COC(=O)c1cccc(N2C(=O)[C@@H]3[C@H]4C=C[C@H]([C@H]5C[C@H]45)[C@@H]3C2=O)c1. The molecule has 24 heavy (non-hydrogen) atoms. The second-order valence-electron chi connectivity index (χ2n) is 7.21. The molecule has 4 aliphatic carbocycles. The van der Waals surface area contributed by atoms with Crippen LogP contribution in [0.25, 0.3) is 0 Å². The van der Waals surface area contributed by atoms with Crippen LogP contribution in [0.15, 0.2) is 36.4 Å². The Morgan fingerprint density at radius 3 is 2.29 bits per heavy atom. The summed E-state index contributed by atoms with van der Waals surface area (Å²) in [5.74, 6) is 0.421. The molecule has 0 spiro atoms. The highest BCUT2D eigenvalue weighted by Crippen LogP contribution is 2.65. The molecular weight excluding hydrogens is 306 g/mol. The fourth-order valence-electron chi connectivity index (χ4n) is 5.10. The fourth-order valence-corrected chi connectivity index (χ4v) is 5.10. The van der Waals surface area contributed by atoms with Gasteiger partial charge in [0.15, 0.2) is 0 Å². The number of benzene rings is 1. The van der Waals surface area contributed by atoms with Crippen LogP contribution in [-0.2, 0) is 14.3 Å². The number of nitrogens with zero attached hydrogens (tertiary/aromatic N) is 1. The van der Waals surface area contributed by atoms with Crippen molar-refractivity contribution < 1.29 is 19.1 Å². The van der Waals surface area contributed by atoms with Gasteiger partial charge in [0, 0.05) is 0 Å². The molecule has 1 saturated heterocycles. The molecule has 5 nitrogen and oxygen atoms in total. The predicted molar refractivity (Wildman–Crippen MR) is 85.0 cm³/mol. The number of allylic oxidation sites excluding steroid dienone is 2. The van der Waals surface area contributed by atoms with E-state index in [2.05, 4.69) is 12.2 Å². The third-order valence-corrected chi connectivity index (χ3v) is 6.19. The van der Waals surface area contributed by atoms with Gasteiger partial charge in [-0.1, -0.05) is 18.2 Å². The standard InChI is InChI=1S/C19H17NO4/c1-24-19(23)9-3-2-4-10(7-9)20-17(21)15-11-5-6-12(14-8-13(11)14)16(15)18(20)22/h2-7,11-16H,8H2,1H3/t11-,12+,13-,14-,15+,16-/m1/s1. The summed E-state index contributed by atoms with van der Waals surface area (Å²) in [5, 5.41) is 0. The summed E-state index contributed by atoms with van der Waals surface area (Å²) in [4.78, 5) is 39.0. The van der Waals surface area contributed by atoms with Gasteiger partial charge in [-0.3, -0.25) is 9.59 Å². The summed E-state index contributed by atoms with van der Waals surface area (Å²) in [6, 6.07) is 6.56. The number of hydrogen-bond donors (Lipinski definition) is 0. The van der Waals surface area contributed by atoms with Crippen molar-refractivity contribution in [3.63, 3.8) is 0 Å². The lowest BCUT2D eigenvalue weighted by Gasteiger charge is -2.37. The highest BCUT2D eigenvalue weighted by atomic mass is 16.5. The highest BCUT2D eigenvalue weighted by Gasteiger charge is 2.67. The quantitative estimate of drug-likeness (QED) is 0.475. The number of amides is 2. The summed E-state index contributed by atoms with van der Waals surface area (Å²) in [6.45, 7) is 0. The number of carbonyl (C=O) groups is 3. The minimum atomic E-state index is -0.476. The largest absolute Gasteiger partial charge is 0.465 e. The van der Waals surface area contributed by atoms with Crippen LogP contribution in [0.5, 0.6) is 0 Å². The van der Waals surface area contributed by atoms with Crippen LogP contribution in [0.1, 0.15) is 16.8 Å². The number of ether oxygens (including phenoxy) is 1. The Hall–Kier alpha value is -2.43. The van der Waals surface area contributed by atoms with Crippen LogP contribution in [-0.4, -0.2) is 24.9 Å². The van der Waals surface area contributed by atoms with E-state index in [1.54, 1.807) is 24.3 Å². The van der Waals surface area contributed by atoms with E-state index in [4.69, 9.17) is 4.74 Å². The van der Waals surface area contributed by atoms with Crippen molar-refractivity contribution in [3.8, 4) is 0 Å². The van der Waals surface area contributed by atoms with Gasteiger partial charge in [-0.15, -0.1) is 0 Å². The van der Waals surface area contributed by atoms with Gasteiger partial charge in [-0.2, -0.15) is 0 Å². The number of rotatable bonds is 2. The minimum absolute atomic E-state index is 0.114. The lowest BCUT2D eigenvalue weighted by Crippen LogP contribution is -2.40. The number of esters is 1. The first-order valence-corrected chi connectivity index (χ1v) is 8.36. The van der Waals surface area contributed by atoms with Crippen molar-refractivity contribution >= 4 is 23.5 Å². The average molecular weight is 323 g/mol. The monoisotopic (exact) mass is 323 g/mol. The summed E-state index contributed by atoms with van der Waals surface area (Å²) in [6.07, 6.45) is 5.45. The van der Waals surface area contributed by atoms with Crippen LogP contribution < -0.4 is 4.90 Å². The molecular formula is C19H17NO4. The first kappa shape index (κ1) is 14.0. The number of carbonyl (C=O) groups excluding carboxylic acids is 3. The summed E-state index contributed by atoms with van der Waals surface area (Å²) in [5.41, 5.74) is 0.810. The van der Waals surface area contributed by atoms with Crippen molar-refractivity contribution in [1.29, 1.82) is 0 Å². The van der Waals surface area contributed by atoms with Crippen LogP contribution in [0, 0.1) is 35.5 Å². The van der Waals surface area contributed by atoms with Crippen molar-refractivity contribution in [2.45, 2.75) is 6.42 Å². The zero-order chi connectivity index (χ0) is 16.6. The minimum Gasteiger partial charge on any atom is -0.465 e. The molecule has 0 aromatic heterocycles. The molecule has 5 aliphatic rings. The molecule has 1 heterocycles. The van der Waals surface area contributed by atoms with Gasteiger partial charge in [-0.05, 0) is 48.3 Å². The average Bonchev–Trinajstić information content (AvgIpc) is 3.38. The van der Waals surface area contributed by atoms with Crippen molar-refractivity contribution in [1.82, 2.24) is 0 Å². The number of methoxy groups -OCH3 is 1. The lowest BCUT2D eigenvalue weighted by atomic mass is 9.63. The Morgan fingerprint density at radius 2 is 1.71 bits per heavy atom. The maximum atomic E-state index is 13.0. The van der Waals surface area contributed by atoms with Crippen LogP contribution >= 0.6 is 0 Å². The van der Waals surface area contributed by atoms with E-state index in [1.165, 1.54) is 12.0 Å². The zero-order valence-corrected chi connectivity index (χ0v) is 13.2. The van der Waals surface area contributed by atoms with E-state index in [0.717, 1.165) is 6.42 Å². The number of hydrogen-bond acceptors (Lipinski definition) is 4. The smallest absolute Gasteiger partial charge is 0.337 e. The Labute approximate surface area is 139 Å². The molecule has 0 N–H and O–H groups in total. The van der Waals surface area contributed by atoms with Crippen molar-refractivity contribution in [3.05, 3.63) is 42.0 Å². The molecule has 5 heteroatoms. The molecule has 3 fully saturated rings. The second kappa shape index (κ2) is 4.56. The molecule has 0 unspecified atom stereocenters. The Morgan fingerprint density at radius 1 is 1.08 bits per heavy atom. The van der Waals surface area contributed by atoms with Gasteiger partial charge < -0.3 is 4.74 Å². The van der Waals surface area contributed by atoms with E-state index < -0.39 is 5.97 Å². The molecule has 2 bridgehead atoms. The molecule has 2 saturated carbocycles. The first-order valence-electron chi connectivity index (χ1n) is 8.36. The maximum Gasteiger partial charge on any atom is 0.337 e. The van der Waals surface area contributed by atoms with Gasteiger partial charge in [0.25, 0.3) is 0 Å². The summed E-state index contributed by atoms with van der Waals surface area (Å²) >= 11 is 0. The van der Waals surface area contributed by atoms with Crippen LogP contribution in [0.2, 0.25) is 0 Å². The van der Waals surface area contributed by atoms with E-state index >= 15 is 0 Å². The molecule has 0 radical (unpaired) electrons. The number of imide groups is 1. The van der Waals surface area contributed by atoms with Crippen molar-refractivity contribution in [2.24, 2.45) is 35.5 Å². The molecule has 2 amide bonds. The fraction of sp³-hybridized carbons (Fsp3) is 0.421. The lowest BCUT2D eigenvalue weighted by molar-refractivity contribution is -0.124. The predicted octanol–water partition coefficient (Wildman–Crippen LogP) is 2.03. The van der Waals surface area contributed by atoms with Crippen LogP contribution in [0.4, 0.5) is 5.69 Å². The zero-order valence-electron chi connectivity index (χ0n) is 13.2. The normalized spacial score (nSPS) is 38.1. The van der Waals surface area contributed by atoms with E-state index in [-0.39, 0.29) is 35.5 Å². The molecule has 6 atom stereocenters. The Kier molecular flexibility index (Phi) is 2.65. The van der Waals surface area contributed by atoms with E-state index in [0.29, 0.717) is 23.1 Å². The first-order chi connectivity index (χ1) is 11.6. The van der Waals surface area contributed by atoms with Gasteiger partial charge in [0.1, 0.15) is 0 Å². The van der Waals surface area contributed by atoms with Crippen molar-refractivity contribution in [2.75, 3.05) is 12.0 Å². The molecule has 1 aromatic rings. The van der Waals surface area contributed by atoms with Gasteiger partial charge >= 0.3 is 5.97 Å². The highest BCUT2D eigenvalue weighted by molar-refractivity contribution is 6.22. The van der Waals surface area contributed by atoms with Gasteiger partial charge in [0.2, 0.25) is 11.8 Å². The topological polar surface area (TPSA) is 63.7 Å². The number of anilines is 1. The second-order valence-corrected chi connectivity index (χ2v) is 7.21. The van der Waals surface area contributed by atoms with E-state index in [1.807, 2.05) is 0 Å². The maximum absolute atomic E-state index is 13.0. The molecule has 1 aliphatic heterocycles. The van der Waals surface area contributed by atoms with Crippen LogP contribution in [0.3, 0.4) is 0 Å². The molecule has 122 valence electrons.